The zero-order valence-electron chi connectivity index (χ0n) is 7.31. The molecule has 1 aromatic heterocycles. The minimum Gasteiger partial charge on any atom is -0.368 e. The van der Waals surface area contributed by atoms with Gasteiger partial charge in [0, 0.05) is 5.39 Å². The fourth-order valence-corrected chi connectivity index (χ4v) is 1.24. The maximum absolute atomic E-state index is 11.0. The van der Waals surface area contributed by atoms with Gasteiger partial charge < -0.3 is 4.84 Å². The Morgan fingerprint density at radius 2 is 2.00 bits per heavy atom. The zero-order chi connectivity index (χ0) is 9.97. The predicted octanol–water partition coefficient (Wildman–Crippen LogP) is 1.27. The van der Waals surface area contributed by atoms with Gasteiger partial charge in [0.1, 0.15) is 0 Å². The minimum atomic E-state index is -0.629. The average Bonchev–Trinajstić information content (AvgIpc) is 2.27. The number of pyridine rings is 1. The lowest BCUT2D eigenvalue weighted by molar-refractivity contribution is 0.0497. The molecule has 0 fully saturated rings. The molecule has 0 atom stereocenters. The molecule has 0 bridgehead atoms. The first-order valence-corrected chi connectivity index (χ1v) is 4.08. The molecule has 2 rings (SSSR count). The number of nitrogens with two attached hydrogens (primary N) is 1. The van der Waals surface area contributed by atoms with Crippen molar-refractivity contribution in [2.75, 3.05) is 0 Å². The number of nitrogens with zero attached hydrogens (tertiary/aromatic N) is 1. The van der Waals surface area contributed by atoms with E-state index in [4.69, 9.17) is 5.90 Å². The second kappa shape index (κ2) is 3.43. The quantitative estimate of drug-likeness (QED) is 0.684. The van der Waals surface area contributed by atoms with Gasteiger partial charge in [-0.1, -0.05) is 24.3 Å². The number of rotatable bonds is 1. The molecular weight excluding hydrogens is 180 g/mol. The zero-order valence-corrected chi connectivity index (χ0v) is 7.31. The van der Waals surface area contributed by atoms with Gasteiger partial charge in [0.15, 0.2) is 5.69 Å². The van der Waals surface area contributed by atoms with Crippen molar-refractivity contribution in [3.05, 3.63) is 42.1 Å². The first-order valence-electron chi connectivity index (χ1n) is 4.08. The molecule has 0 radical (unpaired) electrons. The van der Waals surface area contributed by atoms with Gasteiger partial charge in [-0.05, 0) is 12.1 Å². The van der Waals surface area contributed by atoms with E-state index in [2.05, 4.69) is 9.82 Å². The van der Waals surface area contributed by atoms with Crippen LogP contribution in [0.4, 0.5) is 0 Å². The number of para-hydroxylation sites is 1. The van der Waals surface area contributed by atoms with E-state index in [1.165, 1.54) is 0 Å². The highest BCUT2D eigenvalue weighted by molar-refractivity contribution is 5.90. The van der Waals surface area contributed by atoms with Crippen molar-refractivity contribution in [3.8, 4) is 0 Å². The van der Waals surface area contributed by atoms with E-state index in [0.29, 0.717) is 0 Å². The summed E-state index contributed by atoms with van der Waals surface area (Å²) < 4.78 is 0. The normalized spacial score (nSPS) is 10.1. The minimum absolute atomic E-state index is 0.214. The van der Waals surface area contributed by atoms with Crippen LogP contribution in [0.25, 0.3) is 10.9 Å². The highest BCUT2D eigenvalue weighted by atomic mass is 16.7. The van der Waals surface area contributed by atoms with Crippen LogP contribution in [0, 0.1) is 0 Å². The highest BCUT2D eigenvalue weighted by Gasteiger charge is 2.07. The standard InChI is InChI=1S/C10H8N2O2/c11-14-10(13)9-6-5-7-3-1-2-4-8(7)12-9/h1-6H,11H2. The summed E-state index contributed by atoms with van der Waals surface area (Å²) >= 11 is 0. The summed E-state index contributed by atoms with van der Waals surface area (Å²) in [5.74, 6) is 4.13. The van der Waals surface area contributed by atoms with Gasteiger partial charge in [-0.15, -0.1) is 0 Å². The van der Waals surface area contributed by atoms with Crippen molar-refractivity contribution in [1.29, 1.82) is 0 Å². The van der Waals surface area contributed by atoms with Crippen LogP contribution in [0.15, 0.2) is 36.4 Å². The SMILES string of the molecule is NOC(=O)c1ccc2ccccc2n1. The molecule has 0 unspecified atom stereocenters. The third-order valence-corrected chi connectivity index (χ3v) is 1.91. The summed E-state index contributed by atoms with van der Waals surface area (Å²) in [5, 5.41) is 0.973. The van der Waals surface area contributed by atoms with Gasteiger partial charge >= 0.3 is 5.97 Å². The van der Waals surface area contributed by atoms with E-state index >= 15 is 0 Å². The molecule has 2 aromatic rings. The summed E-state index contributed by atoms with van der Waals surface area (Å²) in [7, 11) is 0. The molecule has 2 N–H and O–H groups in total. The van der Waals surface area contributed by atoms with Gasteiger partial charge in [0.2, 0.25) is 0 Å². The lowest BCUT2D eigenvalue weighted by atomic mass is 10.2. The van der Waals surface area contributed by atoms with Crippen LogP contribution in [-0.2, 0) is 4.84 Å². The summed E-state index contributed by atoms with van der Waals surface area (Å²) in [6.07, 6.45) is 0. The fourth-order valence-electron chi connectivity index (χ4n) is 1.24. The first kappa shape index (κ1) is 8.65. The van der Waals surface area contributed by atoms with E-state index in [1.54, 1.807) is 12.1 Å². The number of benzene rings is 1. The maximum Gasteiger partial charge on any atom is 0.375 e. The van der Waals surface area contributed by atoms with Crippen LogP contribution >= 0.6 is 0 Å². The van der Waals surface area contributed by atoms with E-state index in [0.717, 1.165) is 10.9 Å². The molecule has 4 heteroatoms. The fraction of sp³-hybridized carbons (Fsp3) is 0. The van der Waals surface area contributed by atoms with Crippen LogP contribution in [0.3, 0.4) is 0 Å². The van der Waals surface area contributed by atoms with E-state index in [1.807, 2.05) is 24.3 Å². The first-order chi connectivity index (χ1) is 6.81. The van der Waals surface area contributed by atoms with Crippen molar-refractivity contribution in [2.24, 2.45) is 5.90 Å². The predicted molar refractivity (Wildman–Crippen MR) is 51.3 cm³/mol. The Morgan fingerprint density at radius 1 is 1.21 bits per heavy atom. The lowest BCUT2D eigenvalue weighted by Crippen LogP contribution is -2.11. The van der Waals surface area contributed by atoms with Crippen LogP contribution in [0.5, 0.6) is 0 Å². The third kappa shape index (κ3) is 1.43. The highest BCUT2D eigenvalue weighted by Crippen LogP contribution is 2.11. The van der Waals surface area contributed by atoms with Crippen molar-refractivity contribution >= 4 is 16.9 Å². The van der Waals surface area contributed by atoms with Gasteiger partial charge in [-0.25, -0.2) is 9.78 Å². The molecule has 1 heterocycles. The number of hydrogen-bond donors (Lipinski definition) is 1. The Labute approximate surface area is 80.3 Å². The summed E-state index contributed by atoms with van der Waals surface area (Å²) in [4.78, 5) is 19.2. The number of hydrogen-bond acceptors (Lipinski definition) is 4. The molecule has 14 heavy (non-hydrogen) atoms. The second-order valence-corrected chi connectivity index (χ2v) is 2.79. The van der Waals surface area contributed by atoms with Crippen LogP contribution in [0.2, 0.25) is 0 Å². The molecule has 0 saturated heterocycles. The smallest absolute Gasteiger partial charge is 0.368 e. The molecule has 0 aliphatic rings. The molecule has 0 aliphatic heterocycles. The molecule has 1 aromatic carbocycles. The number of carbonyl (C=O) groups excluding carboxylic acids is 1. The van der Waals surface area contributed by atoms with Gasteiger partial charge in [-0.3, -0.25) is 0 Å². The molecular formula is C10H8N2O2. The van der Waals surface area contributed by atoms with Crippen LogP contribution in [0.1, 0.15) is 10.5 Å². The lowest BCUT2D eigenvalue weighted by Gasteiger charge is -1.99. The van der Waals surface area contributed by atoms with Gasteiger partial charge in [-0.2, -0.15) is 5.90 Å². The number of fused-ring (bicyclic) bond motifs is 1. The molecule has 70 valence electrons. The van der Waals surface area contributed by atoms with Crippen LogP contribution in [-0.4, -0.2) is 11.0 Å². The number of aromatic nitrogens is 1. The Hall–Kier alpha value is -1.94. The molecule has 4 nitrogen and oxygen atoms in total. The average molecular weight is 188 g/mol. The van der Waals surface area contributed by atoms with Crippen LogP contribution < -0.4 is 5.90 Å². The molecule has 0 amide bonds. The Balaban J connectivity index is 2.56. The van der Waals surface area contributed by atoms with Crippen molar-refractivity contribution in [3.63, 3.8) is 0 Å². The van der Waals surface area contributed by atoms with Crippen molar-refractivity contribution in [2.45, 2.75) is 0 Å². The maximum atomic E-state index is 11.0. The van der Waals surface area contributed by atoms with E-state index < -0.39 is 5.97 Å². The molecule has 0 saturated carbocycles. The largest absolute Gasteiger partial charge is 0.375 e. The van der Waals surface area contributed by atoms with E-state index in [-0.39, 0.29) is 5.69 Å². The van der Waals surface area contributed by atoms with Crippen molar-refractivity contribution < 1.29 is 9.63 Å². The Morgan fingerprint density at radius 3 is 2.79 bits per heavy atom. The molecule has 0 spiro atoms. The summed E-state index contributed by atoms with van der Waals surface area (Å²) in [5.41, 5.74) is 0.960. The van der Waals surface area contributed by atoms with Gasteiger partial charge in [0.05, 0.1) is 5.52 Å². The topological polar surface area (TPSA) is 65.2 Å². The number of carbonyl (C=O) groups is 1. The van der Waals surface area contributed by atoms with E-state index in [9.17, 15) is 4.79 Å². The monoisotopic (exact) mass is 188 g/mol. The van der Waals surface area contributed by atoms with Crippen molar-refractivity contribution in [1.82, 2.24) is 4.98 Å². The Bertz CT molecular complexity index is 482. The molecule has 0 aliphatic carbocycles. The van der Waals surface area contributed by atoms with Gasteiger partial charge in [0.25, 0.3) is 0 Å². The summed E-state index contributed by atoms with van der Waals surface area (Å²) in [6, 6.07) is 10.9. The third-order valence-electron chi connectivity index (χ3n) is 1.91. The second-order valence-electron chi connectivity index (χ2n) is 2.79. The Kier molecular flexibility index (Phi) is 2.12. The summed E-state index contributed by atoms with van der Waals surface area (Å²) in [6.45, 7) is 0.